The second-order valence-corrected chi connectivity index (χ2v) is 5.85. The van der Waals surface area contributed by atoms with Crippen LogP contribution in [0.15, 0.2) is 10.5 Å². The molecule has 0 unspecified atom stereocenters. The number of hydrogen-bond donors (Lipinski definition) is 1. The minimum absolute atomic E-state index is 0.158. The van der Waals surface area contributed by atoms with Crippen LogP contribution in [0.25, 0.3) is 0 Å². The van der Waals surface area contributed by atoms with Crippen LogP contribution in [0.2, 0.25) is 0 Å². The van der Waals surface area contributed by atoms with Gasteiger partial charge in [0.1, 0.15) is 5.75 Å². The Balaban J connectivity index is 2.52. The quantitative estimate of drug-likeness (QED) is 0.924. The lowest BCUT2D eigenvalue weighted by molar-refractivity contribution is -0.137. The van der Waals surface area contributed by atoms with E-state index in [4.69, 9.17) is 9.84 Å². The largest absolute Gasteiger partial charge is 0.496 e. The predicted octanol–water partition coefficient (Wildman–Crippen LogP) is 3.58. The number of rotatable bonds is 4. The van der Waals surface area contributed by atoms with Crippen molar-refractivity contribution in [1.29, 1.82) is 0 Å². The van der Waals surface area contributed by atoms with Gasteiger partial charge in [0.2, 0.25) is 0 Å². The van der Waals surface area contributed by atoms with Crippen molar-refractivity contribution in [2.75, 3.05) is 7.11 Å². The molecular weight excluding hydrogens is 296 g/mol. The molecule has 0 amide bonds. The Morgan fingerprint density at radius 2 is 2.11 bits per heavy atom. The van der Waals surface area contributed by atoms with Gasteiger partial charge in [-0.3, -0.25) is 4.79 Å². The van der Waals surface area contributed by atoms with Gasteiger partial charge in [0.25, 0.3) is 0 Å². The van der Waals surface area contributed by atoms with Crippen LogP contribution in [0.5, 0.6) is 5.75 Å². The van der Waals surface area contributed by atoms with Gasteiger partial charge in [0.15, 0.2) is 0 Å². The summed E-state index contributed by atoms with van der Waals surface area (Å²) in [6.07, 6.45) is 2.13. The Bertz CT molecular complexity index is 504. The lowest BCUT2D eigenvalue weighted by Gasteiger charge is -2.21. The molecule has 1 aliphatic carbocycles. The lowest BCUT2D eigenvalue weighted by atomic mass is 9.85. The fourth-order valence-electron chi connectivity index (χ4n) is 2.84. The third-order valence-corrected chi connectivity index (χ3v) is 4.74. The van der Waals surface area contributed by atoms with E-state index >= 15 is 0 Å². The topological polar surface area (TPSA) is 46.5 Å². The number of aliphatic carboxylic acids is 1. The maximum atomic E-state index is 11.0. The number of carboxylic acids is 1. The van der Waals surface area contributed by atoms with E-state index < -0.39 is 5.97 Å². The number of benzene rings is 1. The fourth-order valence-corrected chi connectivity index (χ4v) is 3.32. The van der Waals surface area contributed by atoms with Crippen LogP contribution in [0.4, 0.5) is 0 Å². The van der Waals surface area contributed by atoms with Crippen LogP contribution in [-0.2, 0) is 10.2 Å². The van der Waals surface area contributed by atoms with Crippen molar-refractivity contribution < 1.29 is 14.6 Å². The maximum Gasteiger partial charge on any atom is 0.304 e. The molecule has 1 aliphatic rings. The standard InChI is InChI=1S/C14H17BrO3/c1-8-6-10(18-3)13(15)9(2)12(8)14(4-5-14)7-11(16)17/h6H,4-5,7H2,1-3H3,(H,16,17). The average molecular weight is 313 g/mol. The summed E-state index contributed by atoms with van der Waals surface area (Å²) < 4.78 is 6.25. The fraction of sp³-hybridized carbons (Fsp3) is 0.500. The molecule has 1 N–H and O–H groups in total. The molecule has 1 aromatic carbocycles. The minimum atomic E-state index is -0.724. The second-order valence-electron chi connectivity index (χ2n) is 5.06. The Labute approximate surface area is 115 Å². The molecule has 0 bridgehead atoms. The van der Waals surface area contributed by atoms with Gasteiger partial charge in [-0.15, -0.1) is 0 Å². The zero-order chi connectivity index (χ0) is 13.5. The Morgan fingerprint density at radius 3 is 2.56 bits per heavy atom. The Morgan fingerprint density at radius 1 is 1.50 bits per heavy atom. The molecule has 0 spiro atoms. The highest BCUT2D eigenvalue weighted by Gasteiger charge is 2.48. The first kappa shape index (κ1) is 13.4. The van der Waals surface area contributed by atoms with Crippen LogP contribution in [-0.4, -0.2) is 18.2 Å². The first-order valence-electron chi connectivity index (χ1n) is 5.97. The van der Waals surface area contributed by atoms with Crippen LogP contribution in [0, 0.1) is 13.8 Å². The highest BCUT2D eigenvalue weighted by Crippen LogP contribution is 2.54. The first-order chi connectivity index (χ1) is 8.41. The second kappa shape index (κ2) is 4.57. The molecule has 3 nitrogen and oxygen atoms in total. The predicted molar refractivity (Wildman–Crippen MR) is 73.3 cm³/mol. The molecule has 0 heterocycles. The van der Waals surface area contributed by atoms with E-state index in [9.17, 15) is 4.79 Å². The number of carbonyl (C=O) groups is 1. The summed E-state index contributed by atoms with van der Waals surface area (Å²) >= 11 is 3.54. The smallest absolute Gasteiger partial charge is 0.304 e. The highest BCUT2D eigenvalue weighted by molar-refractivity contribution is 9.10. The summed E-state index contributed by atoms with van der Waals surface area (Å²) in [6.45, 7) is 4.05. The highest BCUT2D eigenvalue weighted by atomic mass is 79.9. The molecule has 2 rings (SSSR count). The molecule has 1 fully saturated rings. The van der Waals surface area contributed by atoms with Crippen molar-refractivity contribution in [3.05, 3.63) is 27.2 Å². The first-order valence-corrected chi connectivity index (χ1v) is 6.76. The number of methoxy groups -OCH3 is 1. The van der Waals surface area contributed by atoms with Gasteiger partial charge in [0, 0.05) is 5.41 Å². The van der Waals surface area contributed by atoms with E-state index in [2.05, 4.69) is 15.9 Å². The number of ether oxygens (including phenoxy) is 1. The SMILES string of the molecule is COc1cc(C)c(C2(CC(=O)O)CC2)c(C)c1Br. The molecule has 1 aromatic rings. The summed E-state index contributed by atoms with van der Waals surface area (Å²) in [4.78, 5) is 11.0. The number of aryl methyl sites for hydroxylation is 1. The Hall–Kier alpha value is -1.03. The molecule has 4 heteroatoms. The van der Waals surface area contributed by atoms with E-state index in [0.717, 1.165) is 34.2 Å². The van der Waals surface area contributed by atoms with Crippen LogP contribution in [0.3, 0.4) is 0 Å². The van der Waals surface area contributed by atoms with Crippen molar-refractivity contribution in [2.45, 2.75) is 38.5 Å². The van der Waals surface area contributed by atoms with Crippen LogP contribution < -0.4 is 4.74 Å². The normalized spacial score (nSPS) is 16.4. The van der Waals surface area contributed by atoms with Crippen LogP contribution in [0.1, 0.15) is 36.0 Å². The number of hydrogen-bond acceptors (Lipinski definition) is 2. The monoisotopic (exact) mass is 312 g/mol. The van der Waals surface area contributed by atoms with Gasteiger partial charge in [-0.1, -0.05) is 0 Å². The van der Waals surface area contributed by atoms with Gasteiger partial charge in [-0.25, -0.2) is 0 Å². The molecule has 0 atom stereocenters. The molecule has 98 valence electrons. The summed E-state index contributed by atoms with van der Waals surface area (Å²) in [6, 6.07) is 1.98. The molecule has 0 saturated heterocycles. The van der Waals surface area contributed by atoms with Crippen LogP contribution >= 0.6 is 15.9 Å². The summed E-state index contributed by atoms with van der Waals surface area (Å²) in [5.41, 5.74) is 3.24. The van der Waals surface area contributed by atoms with Gasteiger partial charge < -0.3 is 9.84 Å². The zero-order valence-electron chi connectivity index (χ0n) is 10.8. The van der Waals surface area contributed by atoms with Gasteiger partial charge in [-0.2, -0.15) is 0 Å². The Kier molecular flexibility index (Phi) is 3.41. The van der Waals surface area contributed by atoms with E-state index in [0.29, 0.717) is 0 Å². The minimum Gasteiger partial charge on any atom is -0.496 e. The molecule has 18 heavy (non-hydrogen) atoms. The third kappa shape index (κ3) is 2.14. The van der Waals surface area contributed by atoms with Crippen molar-refractivity contribution in [1.82, 2.24) is 0 Å². The summed E-state index contributed by atoms with van der Waals surface area (Å²) in [5, 5.41) is 9.07. The number of halogens is 1. The van der Waals surface area contributed by atoms with Crippen molar-refractivity contribution in [3.63, 3.8) is 0 Å². The molecular formula is C14H17BrO3. The van der Waals surface area contributed by atoms with Crippen molar-refractivity contribution >= 4 is 21.9 Å². The molecule has 0 aromatic heterocycles. The van der Waals surface area contributed by atoms with Crippen molar-refractivity contribution in [2.24, 2.45) is 0 Å². The summed E-state index contributed by atoms with van der Waals surface area (Å²) in [5.74, 6) is 0.0816. The van der Waals surface area contributed by atoms with E-state index in [-0.39, 0.29) is 11.8 Å². The maximum absolute atomic E-state index is 11.0. The van der Waals surface area contributed by atoms with Gasteiger partial charge >= 0.3 is 5.97 Å². The number of carboxylic acid groups (broad SMARTS) is 1. The zero-order valence-corrected chi connectivity index (χ0v) is 12.4. The van der Waals surface area contributed by atoms with Crippen molar-refractivity contribution in [3.8, 4) is 5.75 Å². The molecule has 0 aliphatic heterocycles. The summed E-state index contributed by atoms with van der Waals surface area (Å²) in [7, 11) is 1.64. The molecule has 1 saturated carbocycles. The van der Waals surface area contributed by atoms with E-state index in [1.165, 1.54) is 5.56 Å². The lowest BCUT2D eigenvalue weighted by Crippen LogP contribution is -2.16. The van der Waals surface area contributed by atoms with Gasteiger partial charge in [-0.05, 0) is 65.4 Å². The van der Waals surface area contributed by atoms with E-state index in [1.807, 2.05) is 19.9 Å². The average Bonchev–Trinajstić information content (AvgIpc) is 3.03. The third-order valence-electron chi connectivity index (χ3n) is 3.76. The molecule has 0 radical (unpaired) electrons. The van der Waals surface area contributed by atoms with Gasteiger partial charge in [0.05, 0.1) is 18.0 Å². The van der Waals surface area contributed by atoms with E-state index in [1.54, 1.807) is 7.11 Å².